The normalized spacial score (nSPS) is 12.5. The molecular weight excluding hydrogens is 526 g/mol. The van der Waals surface area contributed by atoms with Crippen LogP contribution in [-0.2, 0) is 30.3 Å². The molecule has 10 nitrogen and oxygen atoms in total. The van der Waals surface area contributed by atoms with E-state index in [4.69, 9.17) is 4.74 Å². The average molecular weight is 570 g/mol. The predicted molar refractivity (Wildman–Crippen MR) is 155 cm³/mol. The van der Waals surface area contributed by atoms with Gasteiger partial charge in [-0.2, -0.15) is 0 Å². The number of unbranched alkanes of at least 4 members (excludes halogenated alkanes) is 2. The fraction of sp³-hybridized carbons (Fsp3) is 0.484. The molecule has 41 heavy (non-hydrogen) atoms. The van der Waals surface area contributed by atoms with E-state index in [0.717, 1.165) is 18.4 Å². The molecule has 0 bridgehead atoms. The number of aromatic hydroxyl groups is 1. The number of carbonyl (C=O) groups is 4. The predicted octanol–water partition coefficient (Wildman–Crippen LogP) is 4.19. The van der Waals surface area contributed by atoms with E-state index >= 15 is 0 Å². The summed E-state index contributed by atoms with van der Waals surface area (Å²) in [5, 5.41) is 15.4. The highest BCUT2D eigenvalue weighted by Gasteiger charge is 2.36. The third kappa shape index (κ3) is 10.8. The van der Waals surface area contributed by atoms with Gasteiger partial charge in [-0.25, -0.2) is 4.79 Å². The van der Waals surface area contributed by atoms with Crippen molar-refractivity contribution in [2.45, 2.75) is 78.0 Å². The Balaban J connectivity index is 2.57. The number of esters is 1. The molecule has 0 heterocycles. The van der Waals surface area contributed by atoms with Gasteiger partial charge in [0.2, 0.25) is 11.8 Å². The minimum absolute atomic E-state index is 0.0416. The van der Waals surface area contributed by atoms with Crippen molar-refractivity contribution in [2.24, 2.45) is 0 Å². The molecule has 0 saturated carbocycles. The largest absolute Gasteiger partial charge is 0.508 e. The number of alkyl carbamates (subject to hydrolysis) is 1. The van der Waals surface area contributed by atoms with E-state index in [1.807, 2.05) is 37.3 Å². The number of rotatable bonds is 13. The molecule has 0 aliphatic rings. The number of carbonyl (C=O) groups excluding carboxylic acids is 4. The highest BCUT2D eigenvalue weighted by atomic mass is 16.6. The smallest absolute Gasteiger partial charge is 0.408 e. The molecule has 2 aromatic rings. The molecule has 0 saturated heterocycles. The number of benzene rings is 2. The van der Waals surface area contributed by atoms with Crippen molar-refractivity contribution in [2.75, 3.05) is 20.2 Å². The Morgan fingerprint density at radius 2 is 1.71 bits per heavy atom. The molecular formula is C31H43N3O7. The molecule has 224 valence electrons. The number of methoxy groups -OCH3 is 1. The lowest BCUT2D eigenvalue weighted by atomic mass is 9.98. The van der Waals surface area contributed by atoms with E-state index < -0.39 is 41.6 Å². The summed E-state index contributed by atoms with van der Waals surface area (Å²) in [4.78, 5) is 54.1. The molecule has 2 rings (SSSR count). The zero-order chi connectivity index (χ0) is 30.6. The van der Waals surface area contributed by atoms with Crippen molar-refractivity contribution in [1.82, 2.24) is 15.5 Å². The summed E-state index contributed by atoms with van der Waals surface area (Å²) in [5.41, 5.74) is 0.984. The summed E-state index contributed by atoms with van der Waals surface area (Å²) >= 11 is 0. The minimum atomic E-state index is -1.15. The minimum Gasteiger partial charge on any atom is -0.508 e. The molecule has 10 heteroatoms. The number of hydrogen-bond acceptors (Lipinski definition) is 7. The molecule has 0 aliphatic heterocycles. The van der Waals surface area contributed by atoms with Crippen molar-refractivity contribution in [1.29, 1.82) is 0 Å². The summed E-state index contributed by atoms with van der Waals surface area (Å²) < 4.78 is 10.1. The third-order valence-electron chi connectivity index (χ3n) is 6.29. The molecule has 0 radical (unpaired) electrons. The van der Waals surface area contributed by atoms with E-state index in [1.165, 1.54) is 18.1 Å². The number of phenols is 1. The maximum atomic E-state index is 14.3. The van der Waals surface area contributed by atoms with Crippen LogP contribution in [0.1, 0.15) is 69.7 Å². The number of nitrogens with one attached hydrogen (secondary N) is 2. The molecule has 2 atom stereocenters. The van der Waals surface area contributed by atoms with Crippen LogP contribution in [0.15, 0.2) is 48.5 Å². The third-order valence-corrected chi connectivity index (χ3v) is 6.29. The first-order valence-corrected chi connectivity index (χ1v) is 13.8. The number of hydrogen-bond donors (Lipinski definition) is 3. The van der Waals surface area contributed by atoms with Gasteiger partial charge in [0.15, 0.2) is 0 Å². The zero-order valence-electron chi connectivity index (χ0n) is 24.9. The SMILES string of the molecule is CCCCCN(C(=O)C(Cc1ccccc1)NC(=O)OC(C)(C)C)C(C(=O)NCC(=O)OC)c1ccc(O)c(C)c1. The summed E-state index contributed by atoms with van der Waals surface area (Å²) in [6, 6.07) is 11.7. The van der Waals surface area contributed by atoms with Crippen molar-refractivity contribution < 1.29 is 33.8 Å². The lowest BCUT2D eigenvalue weighted by Crippen LogP contribution is -2.54. The molecule has 3 amide bonds. The monoisotopic (exact) mass is 569 g/mol. The van der Waals surface area contributed by atoms with Gasteiger partial charge in [0.25, 0.3) is 0 Å². The average Bonchev–Trinajstić information content (AvgIpc) is 2.91. The molecule has 0 fully saturated rings. The van der Waals surface area contributed by atoms with Crippen LogP contribution in [-0.4, -0.2) is 65.7 Å². The summed E-state index contributed by atoms with van der Waals surface area (Å²) in [6.45, 7) is 8.73. The standard InChI is InChI=1S/C31H43N3O7/c1-7-8-12-17-34(27(28(37)32-20-26(36)40-6)23-15-16-25(35)21(2)18-23)29(38)24(19-22-13-10-9-11-14-22)33-30(39)41-31(3,4)5/h9-11,13-16,18,24,27,35H,7-8,12,17,19-20H2,1-6H3,(H,32,37)(H,33,39). The lowest BCUT2D eigenvalue weighted by Gasteiger charge is -2.35. The first kappa shape index (κ1) is 33.1. The maximum absolute atomic E-state index is 14.3. The Morgan fingerprint density at radius 3 is 2.29 bits per heavy atom. The summed E-state index contributed by atoms with van der Waals surface area (Å²) in [6.07, 6.45) is 1.69. The molecule has 0 spiro atoms. The quantitative estimate of drug-likeness (QED) is 0.243. The van der Waals surface area contributed by atoms with Crippen LogP contribution in [0.25, 0.3) is 0 Å². The van der Waals surface area contributed by atoms with Crippen LogP contribution in [0, 0.1) is 6.92 Å². The molecule has 0 aromatic heterocycles. The van der Waals surface area contributed by atoms with Gasteiger partial charge in [0, 0.05) is 13.0 Å². The fourth-order valence-corrected chi connectivity index (χ4v) is 4.25. The molecule has 3 N–H and O–H groups in total. The first-order valence-electron chi connectivity index (χ1n) is 13.8. The second kappa shape index (κ2) is 15.6. The van der Waals surface area contributed by atoms with Gasteiger partial charge in [0.05, 0.1) is 7.11 Å². The molecule has 2 aromatic carbocycles. The van der Waals surface area contributed by atoms with Crippen molar-refractivity contribution in [3.8, 4) is 5.75 Å². The number of aryl methyl sites for hydroxylation is 1. The van der Waals surface area contributed by atoms with Crippen LogP contribution in [0.5, 0.6) is 5.75 Å². The number of phenolic OH excluding ortho intramolecular Hbond substituents is 1. The van der Waals surface area contributed by atoms with E-state index in [9.17, 15) is 24.3 Å². The Morgan fingerprint density at radius 1 is 1.02 bits per heavy atom. The van der Waals surface area contributed by atoms with Gasteiger partial charge in [-0.15, -0.1) is 0 Å². The van der Waals surface area contributed by atoms with Gasteiger partial charge in [-0.05, 0) is 62.9 Å². The van der Waals surface area contributed by atoms with Crippen LogP contribution >= 0.6 is 0 Å². The van der Waals surface area contributed by atoms with Crippen molar-refractivity contribution in [3.63, 3.8) is 0 Å². The Hall–Kier alpha value is -4.08. The Kier molecular flexibility index (Phi) is 12.6. The van der Waals surface area contributed by atoms with E-state index in [0.29, 0.717) is 17.5 Å². The highest BCUT2D eigenvalue weighted by molar-refractivity contribution is 5.93. The maximum Gasteiger partial charge on any atom is 0.408 e. The van der Waals surface area contributed by atoms with E-state index in [1.54, 1.807) is 39.8 Å². The Bertz CT molecular complexity index is 1180. The number of ether oxygens (including phenoxy) is 2. The summed E-state index contributed by atoms with van der Waals surface area (Å²) in [7, 11) is 1.21. The van der Waals surface area contributed by atoms with Crippen molar-refractivity contribution in [3.05, 3.63) is 65.2 Å². The second-order valence-corrected chi connectivity index (χ2v) is 10.9. The Labute approximate surface area is 242 Å². The van der Waals surface area contributed by atoms with Gasteiger partial charge in [0.1, 0.15) is 30.0 Å². The van der Waals surface area contributed by atoms with Crippen LogP contribution < -0.4 is 10.6 Å². The lowest BCUT2D eigenvalue weighted by molar-refractivity contribution is -0.144. The van der Waals surface area contributed by atoms with Gasteiger partial charge < -0.3 is 30.1 Å². The van der Waals surface area contributed by atoms with Crippen LogP contribution in [0.4, 0.5) is 4.79 Å². The van der Waals surface area contributed by atoms with Crippen LogP contribution in [0.3, 0.4) is 0 Å². The van der Waals surface area contributed by atoms with E-state index in [2.05, 4.69) is 15.4 Å². The fourth-order valence-electron chi connectivity index (χ4n) is 4.25. The first-order chi connectivity index (χ1) is 19.4. The molecule has 2 unspecified atom stereocenters. The highest BCUT2D eigenvalue weighted by Crippen LogP contribution is 2.28. The van der Waals surface area contributed by atoms with E-state index in [-0.39, 0.29) is 25.3 Å². The van der Waals surface area contributed by atoms with Crippen LogP contribution in [0.2, 0.25) is 0 Å². The van der Waals surface area contributed by atoms with Gasteiger partial charge >= 0.3 is 12.1 Å². The number of amides is 3. The van der Waals surface area contributed by atoms with Crippen molar-refractivity contribution >= 4 is 23.9 Å². The number of nitrogens with zero attached hydrogens (tertiary/aromatic N) is 1. The van der Waals surface area contributed by atoms with Gasteiger partial charge in [-0.3, -0.25) is 14.4 Å². The summed E-state index contributed by atoms with van der Waals surface area (Å²) in [5.74, 6) is -1.68. The topological polar surface area (TPSA) is 134 Å². The van der Waals surface area contributed by atoms with Gasteiger partial charge in [-0.1, -0.05) is 56.2 Å². The second-order valence-electron chi connectivity index (χ2n) is 10.9. The molecule has 0 aliphatic carbocycles. The zero-order valence-corrected chi connectivity index (χ0v) is 24.9.